The zero-order valence-electron chi connectivity index (χ0n) is 5.51. The number of rotatable bonds is 1. The Kier molecular flexibility index (Phi) is 4.03. The van der Waals surface area contributed by atoms with Gasteiger partial charge in [0, 0.05) is 6.04 Å². The quantitative estimate of drug-likeness (QED) is 0.525. The van der Waals surface area contributed by atoms with Crippen LogP contribution in [0, 0.1) is 0 Å². The number of nitrogens with two attached hydrogens (primary N) is 1. The second-order valence-corrected chi connectivity index (χ2v) is 2.44. The van der Waals surface area contributed by atoms with Crippen LogP contribution in [-0.2, 0) is 0 Å². The lowest BCUT2D eigenvalue weighted by molar-refractivity contribution is 0.0582. The molecular formula is C5H14FNO. The highest BCUT2D eigenvalue weighted by molar-refractivity contribution is 4.74. The summed E-state index contributed by atoms with van der Waals surface area (Å²) in [6.45, 7) is 5.16. The van der Waals surface area contributed by atoms with Crippen LogP contribution >= 0.6 is 0 Å². The van der Waals surface area contributed by atoms with Crippen molar-refractivity contribution in [1.82, 2.24) is 0 Å². The molecule has 2 nitrogen and oxygen atoms in total. The molecule has 0 aliphatic carbocycles. The molecule has 0 radical (unpaired) electrons. The van der Waals surface area contributed by atoms with E-state index in [1.165, 1.54) is 0 Å². The molecule has 1 atom stereocenters. The smallest absolute Gasteiger partial charge is 0.0739 e. The van der Waals surface area contributed by atoms with Gasteiger partial charge in [-0.1, -0.05) is 0 Å². The molecular weight excluding hydrogens is 109 g/mol. The van der Waals surface area contributed by atoms with Crippen molar-refractivity contribution in [3.63, 3.8) is 0 Å². The third-order valence-electron chi connectivity index (χ3n) is 1.11. The Morgan fingerprint density at radius 2 is 1.62 bits per heavy atom. The molecule has 0 rings (SSSR count). The van der Waals surface area contributed by atoms with E-state index in [2.05, 4.69) is 0 Å². The van der Waals surface area contributed by atoms with Crippen LogP contribution < -0.4 is 5.73 Å². The Bertz CT molecular complexity index is 57.9. The third kappa shape index (κ3) is 4.02. The highest BCUT2D eigenvalue weighted by atomic mass is 19.0. The van der Waals surface area contributed by atoms with Crippen LogP contribution in [-0.4, -0.2) is 16.7 Å². The minimum absolute atomic E-state index is 0. The minimum Gasteiger partial charge on any atom is -0.389 e. The van der Waals surface area contributed by atoms with Crippen LogP contribution in [0.5, 0.6) is 0 Å². The fourth-order valence-electron chi connectivity index (χ4n) is 0. The molecule has 0 spiro atoms. The van der Waals surface area contributed by atoms with Gasteiger partial charge in [-0.25, -0.2) is 0 Å². The Labute approximate surface area is 49.1 Å². The topological polar surface area (TPSA) is 46.2 Å². The molecule has 8 heavy (non-hydrogen) atoms. The predicted molar refractivity (Wildman–Crippen MR) is 32.5 cm³/mol. The second-order valence-electron chi connectivity index (χ2n) is 2.44. The van der Waals surface area contributed by atoms with Gasteiger partial charge in [-0.05, 0) is 20.8 Å². The minimum atomic E-state index is -0.722. The maximum Gasteiger partial charge on any atom is 0.0739 e. The largest absolute Gasteiger partial charge is 0.389 e. The molecule has 0 aliphatic rings. The van der Waals surface area contributed by atoms with Crippen molar-refractivity contribution in [2.24, 2.45) is 5.73 Å². The highest BCUT2D eigenvalue weighted by Gasteiger charge is 2.16. The van der Waals surface area contributed by atoms with E-state index in [0.717, 1.165) is 0 Å². The monoisotopic (exact) mass is 123 g/mol. The summed E-state index contributed by atoms with van der Waals surface area (Å²) in [6.07, 6.45) is 0. The van der Waals surface area contributed by atoms with E-state index in [9.17, 15) is 0 Å². The molecule has 1 unspecified atom stereocenters. The van der Waals surface area contributed by atoms with Crippen molar-refractivity contribution in [3.8, 4) is 0 Å². The number of halogens is 1. The third-order valence-corrected chi connectivity index (χ3v) is 1.11. The Morgan fingerprint density at radius 1 is 1.50 bits per heavy atom. The first kappa shape index (κ1) is 10.8. The van der Waals surface area contributed by atoms with Crippen molar-refractivity contribution in [2.45, 2.75) is 32.4 Å². The van der Waals surface area contributed by atoms with Crippen LogP contribution in [0.15, 0.2) is 0 Å². The van der Waals surface area contributed by atoms with Crippen molar-refractivity contribution in [2.75, 3.05) is 0 Å². The van der Waals surface area contributed by atoms with Gasteiger partial charge >= 0.3 is 0 Å². The molecule has 0 bridgehead atoms. The fraction of sp³-hybridized carbons (Fsp3) is 1.00. The molecule has 3 heteroatoms. The fourth-order valence-corrected chi connectivity index (χ4v) is 0. The van der Waals surface area contributed by atoms with Crippen LogP contribution in [0.4, 0.5) is 4.70 Å². The van der Waals surface area contributed by atoms with Crippen molar-refractivity contribution in [3.05, 3.63) is 0 Å². The average Bonchev–Trinajstić information content (AvgIpc) is 1.31. The number of hydrogen-bond donors (Lipinski definition) is 2. The molecule has 3 N–H and O–H groups in total. The maximum atomic E-state index is 8.97. The lowest BCUT2D eigenvalue weighted by Gasteiger charge is -2.20. The number of aliphatic hydroxyl groups is 1. The molecule has 0 saturated carbocycles. The summed E-state index contributed by atoms with van der Waals surface area (Å²) < 4.78 is 0. The molecule has 0 fully saturated rings. The molecule has 0 aromatic rings. The average molecular weight is 123 g/mol. The zero-order valence-corrected chi connectivity index (χ0v) is 5.51. The molecule has 0 aromatic heterocycles. The molecule has 0 aliphatic heterocycles. The molecule has 52 valence electrons. The SMILES string of the molecule is CC(N)C(C)(C)O.F. The summed E-state index contributed by atoms with van der Waals surface area (Å²) in [5, 5.41) is 8.97. The van der Waals surface area contributed by atoms with Gasteiger partial charge in [0.05, 0.1) is 5.60 Å². The van der Waals surface area contributed by atoms with E-state index in [1.54, 1.807) is 20.8 Å². The first-order valence-electron chi connectivity index (χ1n) is 2.42. The van der Waals surface area contributed by atoms with Gasteiger partial charge in [0.15, 0.2) is 0 Å². The molecule has 0 amide bonds. The first-order chi connectivity index (χ1) is 2.94. The van der Waals surface area contributed by atoms with Crippen LogP contribution in [0.25, 0.3) is 0 Å². The summed E-state index contributed by atoms with van der Waals surface area (Å²) in [7, 11) is 0. The summed E-state index contributed by atoms with van der Waals surface area (Å²) in [5.74, 6) is 0. The number of hydrogen-bond acceptors (Lipinski definition) is 2. The summed E-state index contributed by atoms with van der Waals surface area (Å²) in [5.41, 5.74) is 4.60. The summed E-state index contributed by atoms with van der Waals surface area (Å²) in [6, 6.07) is -0.146. The van der Waals surface area contributed by atoms with Gasteiger partial charge < -0.3 is 10.8 Å². The lowest BCUT2D eigenvalue weighted by Crippen LogP contribution is -2.40. The predicted octanol–water partition coefficient (Wildman–Crippen LogP) is 0.257. The van der Waals surface area contributed by atoms with Crippen molar-refractivity contribution >= 4 is 0 Å². The molecule has 0 aromatic carbocycles. The van der Waals surface area contributed by atoms with E-state index >= 15 is 0 Å². The van der Waals surface area contributed by atoms with Gasteiger partial charge in [0.25, 0.3) is 0 Å². The van der Waals surface area contributed by atoms with E-state index in [-0.39, 0.29) is 10.7 Å². The van der Waals surface area contributed by atoms with Gasteiger partial charge in [-0.15, -0.1) is 0 Å². The second kappa shape index (κ2) is 2.99. The maximum absolute atomic E-state index is 8.97. The molecule has 0 saturated heterocycles. The van der Waals surface area contributed by atoms with E-state index in [1.807, 2.05) is 0 Å². The first-order valence-corrected chi connectivity index (χ1v) is 2.42. The van der Waals surface area contributed by atoms with Crippen LogP contribution in [0.3, 0.4) is 0 Å². The Balaban J connectivity index is 0. The summed E-state index contributed by atoms with van der Waals surface area (Å²) >= 11 is 0. The normalized spacial score (nSPS) is 14.6. The zero-order chi connectivity index (χ0) is 6.08. The molecule has 0 heterocycles. The Hall–Kier alpha value is -0.150. The van der Waals surface area contributed by atoms with E-state index in [0.29, 0.717) is 0 Å². The lowest BCUT2D eigenvalue weighted by atomic mass is 10.0. The van der Waals surface area contributed by atoms with Gasteiger partial charge in [0.2, 0.25) is 0 Å². The van der Waals surface area contributed by atoms with Gasteiger partial charge in [0.1, 0.15) is 0 Å². The summed E-state index contributed by atoms with van der Waals surface area (Å²) in [4.78, 5) is 0. The Morgan fingerprint density at radius 3 is 1.62 bits per heavy atom. The van der Waals surface area contributed by atoms with E-state index < -0.39 is 5.60 Å². The van der Waals surface area contributed by atoms with Crippen LogP contribution in [0.1, 0.15) is 20.8 Å². The van der Waals surface area contributed by atoms with Crippen LogP contribution in [0.2, 0.25) is 0 Å². The van der Waals surface area contributed by atoms with E-state index in [4.69, 9.17) is 10.8 Å². The van der Waals surface area contributed by atoms with Gasteiger partial charge in [-0.2, -0.15) is 0 Å². The van der Waals surface area contributed by atoms with Gasteiger partial charge in [-0.3, -0.25) is 4.70 Å². The standard InChI is InChI=1S/C5H13NO.FH/c1-4(6)5(2,3)7;/h4,7H,6H2,1-3H3;1H. The van der Waals surface area contributed by atoms with Crippen molar-refractivity contribution < 1.29 is 9.81 Å². The van der Waals surface area contributed by atoms with Crippen molar-refractivity contribution in [1.29, 1.82) is 0 Å². The highest BCUT2D eigenvalue weighted by Crippen LogP contribution is 2.03.